The van der Waals surface area contributed by atoms with Crippen molar-refractivity contribution >= 4 is 21.6 Å². The number of nitriles is 1. The Hall–Kier alpha value is -1.05. The Balaban J connectivity index is 2.69. The van der Waals surface area contributed by atoms with Gasteiger partial charge in [-0.2, -0.15) is 5.26 Å². The minimum absolute atomic E-state index is 0.568. The molecule has 0 aliphatic carbocycles. The van der Waals surface area contributed by atoms with Gasteiger partial charge in [-0.15, -0.1) is 0 Å². The first-order valence-corrected chi connectivity index (χ1v) is 6.95. The highest BCUT2D eigenvalue weighted by Crippen LogP contribution is 2.21. The smallest absolute Gasteiger partial charge is 0.0635 e. The predicted octanol–water partition coefficient (Wildman–Crippen LogP) is 3.40. The van der Waals surface area contributed by atoms with E-state index < -0.39 is 0 Å². The molecule has 18 heavy (non-hydrogen) atoms. The molecule has 1 rings (SSSR count). The van der Waals surface area contributed by atoms with E-state index in [1.54, 1.807) is 0 Å². The average Bonchev–Trinajstić information content (AvgIpc) is 2.30. The summed E-state index contributed by atoms with van der Waals surface area (Å²) in [7, 11) is 0. The zero-order valence-electron chi connectivity index (χ0n) is 11.0. The van der Waals surface area contributed by atoms with Gasteiger partial charge in [-0.1, -0.05) is 19.9 Å². The fraction of sp³-hybridized carbons (Fsp3) is 0.500. The number of nitrogens with two attached hydrogens (primary N) is 1. The first kappa shape index (κ1) is 15.0. The molecule has 1 aromatic rings. The van der Waals surface area contributed by atoms with Gasteiger partial charge in [-0.05, 0) is 39.5 Å². The number of benzene rings is 1. The summed E-state index contributed by atoms with van der Waals surface area (Å²) in [6.45, 7) is 7.03. The van der Waals surface area contributed by atoms with Crippen molar-refractivity contribution in [2.75, 3.05) is 18.8 Å². The van der Waals surface area contributed by atoms with E-state index >= 15 is 0 Å². The molecule has 0 amide bonds. The van der Waals surface area contributed by atoms with Gasteiger partial charge >= 0.3 is 0 Å². The van der Waals surface area contributed by atoms with Crippen LogP contribution in [-0.2, 0) is 6.54 Å². The maximum atomic E-state index is 8.69. The molecule has 0 radical (unpaired) electrons. The molecule has 0 fully saturated rings. The minimum Gasteiger partial charge on any atom is -0.398 e. The molecule has 0 spiro atoms. The highest BCUT2D eigenvalue weighted by atomic mass is 79.9. The largest absolute Gasteiger partial charge is 0.398 e. The van der Waals surface area contributed by atoms with Crippen molar-refractivity contribution in [2.24, 2.45) is 5.92 Å². The van der Waals surface area contributed by atoms with Crippen LogP contribution in [0, 0.1) is 17.2 Å². The van der Waals surface area contributed by atoms with Crippen LogP contribution in [0.2, 0.25) is 0 Å². The molecule has 0 aromatic heterocycles. The Morgan fingerprint density at radius 2 is 2.17 bits per heavy atom. The molecule has 2 N–H and O–H groups in total. The van der Waals surface area contributed by atoms with Gasteiger partial charge in [0.15, 0.2) is 0 Å². The van der Waals surface area contributed by atoms with Crippen LogP contribution in [0.5, 0.6) is 0 Å². The Labute approximate surface area is 118 Å². The van der Waals surface area contributed by atoms with Crippen molar-refractivity contribution in [3.63, 3.8) is 0 Å². The molecule has 0 unspecified atom stereocenters. The first-order valence-electron chi connectivity index (χ1n) is 6.16. The van der Waals surface area contributed by atoms with Gasteiger partial charge in [0, 0.05) is 36.2 Å². The molecule has 0 bridgehead atoms. The van der Waals surface area contributed by atoms with Crippen LogP contribution in [0.15, 0.2) is 22.7 Å². The van der Waals surface area contributed by atoms with E-state index in [1.165, 1.54) is 5.56 Å². The lowest BCUT2D eigenvalue weighted by atomic mass is 10.1. The third kappa shape index (κ3) is 5.07. The minimum atomic E-state index is 0.568. The molecule has 1 aromatic carbocycles. The normalized spacial score (nSPS) is 10.9. The molecule has 98 valence electrons. The highest BCUT2D eigenvalue weighted by molar-refractivity contribution is 9.10. The average molecular weight is 310 g/mol. The monoisotopic (exact) mass is 309 g/mol. The van der Waals surface area contributed by atoms with E-state index in [0.717, 1.165) is 29.8 Å². The third-order valence-corrected chi connectivity index (χ3v) is 3.35. The van der Waals surface area contributed by atoms with Gasteiger partial charge in [0.25, 0.3) is 0 Å². The number of nitrogen functional groups attached to an aromatic ring is 1. The summed E-state index contributed by atoms with van der Waals surface area (Å²) in [5.41, 5.74) is 7.83. The summed E-state index contributed by atoms with van der Waals surface area (Å²) in [5.74, 6) is 0.594. The molecule has 0 aliphatic heterocycles. The van der Waals surface area contributed by atoms with Crippen molar-refractivity contribution in [3.05, 3.63) is 28.2 Å². The quantitative estimate of drug-likeness (QED) is 0.819. The zero-order valence-corrected chi connectivity index (χ0v) is 12.6. The van der Waals surface area contributed by atoms with Crippen molar-refractivity contribution < 1.29 is 0 Å². The highest BCUT2D eigenvalue weighted by Gasteiger charge is 2.08. The predicted molar refractivity (Wildman–Crippen MR) is 78.9 cm³/mol. The summed E-state index contributed by atoms with van der Waals surface area (Å²) in [4.78, 5) is 2.30. The van der Waals surface area contributed by atoms with Crippen LogP contribution < -0.4 is 5.73 Å². The Kier molecular flexibility index (Phi) is 6.17. The van der Waals surface area contributed by atoms with E-state index in [4.69, 9.17) is 11.0 Å². The van der Waals surface area contributed by atoms with Gasteiger partial charge in [-0.3, -0.25) is 4.90 Å². The standard InChI is InChI=1S/C14H20BrN3/c1-11(2)9-18(7-3-6-16)10-12-4-5-13(15)14(17)8-12/h4-5,8,11H,3,7,9-10,17H2,1-2H3. The fourth-order valence-corrected chi connectivity index (χ4v) is 2.16. The third-order valence-electron chi connectivity index (χ3n) is 2.63. The fourth-order valence-electron chi connectivity index (χ4n) is 1.91. The number of halogens is 1. The SMILES string of the molecule is CC(C)CN(CCC#N)Cc1ccc(Br)c(N)c1. The summed E-state index contributed by atoms with van der Waals surface area (Å²) < 4.78 is 0.929. The second-order valence-corrected chi connectivity index (χ2v) is 5.75. The van der Waals surface area contributed by atoms with Crippen LogP contribution in [0.3, 0.4) is 0 Å². The molecule has 0 saturated heterocycles. The van der Waals surface area contributed by atoms with Crippen molar-refractivity contribution in [1.82, 2.24) is 4.90 Å². The van der Waals surface area contributed by atoms with Gasteiger partial charge in [0.1, 0.15) is 0 Å². The molecular weight excluding hydrogens is 290 g/mol. The van der Waals surface area contributed by atoms with Gasteiger partial charge in [0.2, 0.25) is 0 Å². The van der Waals surface area contributed by atoms with Crippen LogP contribution in [-0.4, -0.2) is 18.0 Å². The first-order chi connectivity index (χ1) is 8.52. The Morgan fingerprint density at radius 3 is 2.72 bits per heavy atom. The molecule has 0 aliphatic rings. The second-order valence-electron chi connectivity index (χ2n) is 4.89. The summed E-state index contributed by atoms with van der Waals surface area (Å²) in [5, 5.41) is 8.69. The van der Waals surface area contributed by atoms with Crippen LogP contribution in [0.1, 0.15) is 25.8 Å². The van der Waals surface area contributed by atoms with Gasteiger partial charge in [0.05, 0.1) is 6.07 Å². The Bertz CT molecular complexity index is 424. The number of nitrogens with zero attached hydrogens (tertiary/aromatic N) is 2. The number of rotatable bonds is 6. The van der Waals surface area contributed by atoms with Gasteiger partial charge in [-0.25, -0.2) is 0 Å². The molecular formula is C14H20BrN3. The lowest BCUT2D eigenvalue weighted by Crippen LogP contribution is -2.28. The van der Waals surface area contributed by atoms with E-state index in [1.807, 2.05) is 12.1 Å². The molecule has 0 atom stereocenters. The Morgan fingerprint density at radius 1 is 1.44 bits per heavy atom. The maximum Gasteiger partial charge on any atom is 0.0635 e. The summed E-state index contributed by atoms with van der Waals surface area (Å²) in [6.07, 6.45) is 0.568. The molecule has 3 nitrogen and oxygen atoms in total. The van der Waals surface area contributed by atoms with Crippen LogP contribution in [0.4, 0.5) is 5.69 Å². The van der Waals surface area contributed by atoms with E-state index in [2.05, 4.69) is 46.8 Å². The summed E-state index contributed by atoms with van der Waals surface area (Å²) >= 11 is 3.40. The molecule has 0 heterocycles. The lowest BCUT2D eigenvalue weighted by molar-refractivity contribution is 0.241. The topological polar surface area (TPSA) is 53.0 Å². The van der Waals surface area contributed by atoms with E-state index in [-0.39, 0.29) is 0 Å². The van der Waals surface area contributed by atoms with Crippen molar-refractivity contribution in [1.29, 1.82) is 5.26 Å². The molecule has 4 heteroatoms. The van der Waals surface area contributed by atoms with Crippen LogP contribution in [0.25, 0.3) is 0 Å². The second kappa shape index (κ2) is 7.40. The van der Waals surface area contributed by atoms with Crippen molar-refractivity contribution in [2.45, 2.75) is 26.8 Å². The van der Waals surface area contributed by atoms with Crippen LogP contribution >= 0.6 is 15.9 Å². The molecule has 0 saturated carbocycles. The van der Waals surface area contributed by atoms with Gasteiger partial charge < -0.3 is 5.73 Å². The number of anilines is 1. The summed E-state index contributed by atoms with van der Waals surface area (Å²) in [6, 6.07) is 8.24. The lowest BCUT2D eigenvalue weighted by Gasteiger charge is -2.23. The zero-order chi connectivity index (χ0) is 13.5. The van der Waals surface area contributed by atoms with Crippen molar-refractivity contribution in [3.8, 4) is 6.07 Å². The number of hydrogen-bond donors (Lipinski definition) is 1. The van der Waals surface area contributed by atoms with E-state index in [0.29, 0.717) is 12.3 Å². The van der Waals surface area contributed by atoms with E-state index in [9.17, 15) is 0 Å². The number of hydrogen-bond acceptors (Lipinski definition) is 3. The maximum absolute atomic E-state index is 8.69.